The average molecular weight is 372 g/mol. The average Bonchev–Trinajstić information content (AvgIpc) is 2.55. The third kappa shape index (κ3) is 2.91. The number of rotatable bonds is 3. The van der Waals surface area contributed by atoms with Crippen molar-refractivity contribution >= 4 is 44.4 Å². The van der Waals surface area contributed by atoms with Crippen LogP contribution in [0.2, 0.25) is 0 Å². The van der Waals surface area contributed by atoms with Gasteiger partial charge in [0.15, 0.2) is 0 Å². The van der Waals surface area contributed by atoms with E-state index < -0.39 is 10.7 Å². The van der Waals surface area contributed by atoms with Gasteiger partial charge >= 0.3 is 5.69 Å². The molecule has 6 nitrogen and oxygen atoms in total. The molecule has 2 aromatic carbocycles. The summed E-state index contributed by atoms with van der Waals surface area (Å²) in [6, 6.07) is 11.7. The number of nitrogens with zero attached hydrogens (tertiary/aromatic N) is 3. The number of nitro groups is 1. The number of hydrogen-bond acceptors (Lipinski definition) is 5. The Morgan fingerprint density at radius 1 is 1.22 bits per heavy atom. The molecule has 0 saturated carbocycles. The van der Waals surface area contributed by atoms with E-state index in [1.54, 1.807) is 18.3 Å². The zero-order valence-electron chi connectivity index (χ0n) is 11.7. The molecular formula is C16H10BrN3O3. The van der Waals surface area contributed by atoms with Gasteiger partial charge in [0.05, 0.1) is 16.1 Å². The summed E-state index contributed by atoms with van der Waals surface area (Å²) < 4.78 is 0.901. The van der Waals surface area contributed by atoms with E-state index in [2.05, 4.69) is 25.9 Å². The molecule has 114 valence electrons. The number of aliphatic imine (C=N–C) groups is 1. The highest BCUT2D eigenvalue weighted by Crippen LogP contribution is 2.31. The zero-order valence-corrected chi connectivity index (χ0v) is 13.3. The van der Waals surface area contributed by atoms with Crippen LogP contribution in [-0.2, 0) is 0 Å². The summed E-state index contributed by atoms with van der Waals surface area (Å²) in [5.41, 5.74) is 1.22. The van der Waals surface area contributed by atoms with Gasteiger partial charge in [-0.15, -0.1) is 0 Å². The van der Waals surface area contributed by atoms with E-state index in [1.165, 1.54) is 18.3 Å². The first-order valence-corrected chi connectivity index (χ1v) is 7.41. The molecule has 0 fully saturated rings. The maximum Gasteiger partial charge on any atom is 0.311 e. The van der Waals surface area contributed by atoms with Gasteiger partial charge in [0.1, 0.15) is 0 Å². The molecule has 0 saturated heterocycles. The zero-order chi connectivity index (χ0) is 16.4. The molecule has 1 heterocycles. The number of benzene rings is 2. The molecule has 0 spiro atoms. The molecule has 23 heavy (non-hydrogen) atoms. The molecule has 7 heteroatoms. The molecule has 0 radical (unpaired) electrons. The Morgan fingerprint density at radius 3 is 2.83 bits per heavy atom. The number of phenolic OH excluding ortho intramolecular Hbond substituents is 1. The quantitative estimate of drug-likeness (QED) is 0.420. The number of aromatic hydroxyl groups is 1. The van der Waals surface area contributed by atoms with Gasteiger partial charge in [-0.2, -0.15) is 0 Å². The fourth-order valence-electron chi connectivity index (χ4n) is 2.17. The summed E-state index contributed by atoms with van der Waals surface area (Å²) in [6.45, 7) is 0. The minimum Gasteiger partial charge on any atom is -0.502 e. The predicted octanol–water partition coefficient (Wildman–Crippen LogP) is 4.36. The highest BCUT2D eigenvalue weighted by molar-refractivity contribution is 9.10. The van der Waals surface area contributed by atoms with E-state index in [1.807, 2.05) is 18.2 Å². The van der Waals surface area contributed by atoms with E-state index in [4.69, 9.17) is 0 Å². The molecule has 0 amide bonds. The van der Waals surface area contributed by atoms with Crippen molar-refractivity contribution in [3.63, 3.8) is 0 Å². The van der Waals surface area contributed by atoms with Gasteiger partial charge in [-0.25, -0.2) is 0 Å². The Labute approximate surface area is 139 Å². The summed E-state index contributed by atoms with van der Waals surface area (Å²) in [6.07, 6.45) is 3.05. The second-order valence-electron chi connectivity index (χ2n) is 4.70. The largest absolute Gasteiger partial charge is 0.502 e. The van der Waals surface area contributed by atoms with E-state index in [0.717, 1.165) is 9.86 Å². The SMILES string of the molecule is O=[N+]([O-])c1cccc(C=Nc2ccc(Br)c3cccnc23)c1O. The second kappa shape index (κ2) is 6.13. The lowest BCUT2D eigenvalue weighted by Crippen LogP contribution is -1.91. The summed E-state index contributed by atoms with van der Waals surface area (Å²) in [7, 11) is 0. The third-order valence-corrected chi connectivity index (χ3v) is 3.97. The summed E-state index contributed by atoms with van der Waals surface area (Å²) in [5, 5.41) is 21.7. The first-order valence-electron chi connectivity index (χ1n) is 6.61. The topological polar surface area (TPSA) is 88.6 Å². The van der Waals surface area contributed by atoms with Crippen LogP contribution in [0.1, 0.15) is 5.56 Å². The lowest BCUT2D eigenvalue weighted by molar-refractivity contribution is -0.385. The third-order valence-electron chi connectivity index (χ3n) is 3.28. The summed E-state index contributed by atoms with van der Waals surface area (Å²) in [4.78, 5) is 18.8. The van der Waals surface area contributed by atoms with Crippen molar-refractivity contribution in [2.45, 2.75) is 0 Å². The number of aromatic nitrogens is 1. The Bertz CT molecular complexity index is 941. The number of para-hydroxylation sites is 1. The highest BCUT2D eigenvalue weighted by Gasteiger charge is 2.15. The van der Waals surface area contributed by atoms with Crippen LogP contribution in [-0.4, -0.2) is 21.2 Å². The first kappa shape index (κ1) is 15.1. The van der Waals surface area contributed by atoms with Crippen LogP contribution in [0.25, 0.3) is 10.9 Å². The molecule has 1 aromatic heterocycles. The van der Waals surface area contributed by atoms with Gasteiger partial charge < -0.3 is 5.11 Å². The number of fused-ring (bicyclic) bond motifs is 1. The Balaban J connectivity index is 2.07. The maximum atomic E-state index is 10.8. The van der Waals surface area contributed by atoms with Crippen molar-refractivity contribution < 1.29 is 10.0 Å². The van der Waals surface area contributed by atoms with Crippen molar-refractivity contribution in [1.82, 2.24) is 4.98 Å². The molecule has 0 unspecified atom stereocenters. The summed E-state index contributed by atoms with van der Waals surface area (Å²) in [5.74, 6) is -0.407. The highest BCUT2D eigenvalue weighted by atomic mass is 79.9. The van der Waals surface area contributed by atoms with E-state index in [9.17, 15) is 15.2 Å². The normalized spacial score (nSPS) is 11.2. The van der Waals surface area contributed by atoms with Crippen LogP contribution in [0.3, 0.4) is 0 Å². The molecular weight excluding hydrogens is 362 g/mol. The minimum absolute atomic E-state index is 0.270. The van der Waals surface area contributed by atoms with E-state index in [0.29, 0.717) is 11.2 Å². The smallest absolute Gasteiger partial charge is 0.311 e. The number of hydrogen-bond donors (Lipinski definition) is 1. The number of phenols is 1. The Hall–Kier alpha value is -2.80. The van der Waals surface area contributed by atoms with Gasteiger partial charge in [0.25, 0.3) is 0 Å². The van der Waals surface area contributed by atoms with Crippen molar-refractivity contribution in [3.8, 4) is 5.75 Å². The lowest BCUT2D eigenvalue weighted by Gasteiger charge is -2.03. The molecule has 0 aliphatic heterocycles. The standard InChI is InChI=1S/C16H10BrN3O3/c17-12-6-7-13(15-11(12)4-2-8-18-15)19-9-10-3-1-5-14(16(10)21)20(22)23/h1-9,21H. The van der Waals surface area contributed by atoms with Crippen molar-refractivity contribution in [3.05, 3.63) is 68.8 Å². The fraction of sp³-hybridized carbons (Fsp3) is 0. The van der Waals surface area contributed by atoms with Crippen molar-refractivity contribution in [2.75, 3.05) is 0 Å². The number of nitro benzene ring substituents is 1. The fourth-order valence-corrected chi connectivity index (χ4v) is 2.62. The molecule has 1 N–H and O–H groups in total. The summed E-state index contributed by atoms with van der Waals surface area (Å²) >= 11 is 3.46. The van der Waals surface area contributed by atoms with Crippen molar-refractivity contribution in [1.29, 1.82) is 0 Å². The predicted molar refractivity (Wildman–Crippen MR) is 91.5 cm³/mol. The van der Waals surface area contributed by atoms with E-state index in [-0.39, 0.29) is 11.3 Å². The second-order valence-corrected chi connectivity index (χ2v) is 5.55. The number of pyridine rings is 1. The van der Waals surface area contributed by atoms with Gasteiger partial charge in [-0.1, -0.05) is 28.1 Å². The monoisotopic (exact) mass is 371 g/mol. The molecule has 0 aliphatic rings. The van der Waals surface area contributed by atoms with Gasteiger partial charge in [-0.3, -0.25) is 20.1 Å². The van der Waals surface area contributed by atoms with Gasteiger partial charge in [0.2, 0.25) is 5.75 Å². The number of halogens is 1. The molecule has 0 aliphatic carbocycles. The first-order chi connectivity index (χ1) is 11.1. The van der Waals surface area contributed by atoms with Crippen LogP contribution in [0.4, 0.5) is 11.4 Å². The van der Waals surface area contributed by atoms with Gasteiger partial charge in [-0.05, 0) is 24.3 Å². The van der Waals surface area contributed by atoms with Crippen LogP contribution < -0.4 is 0 Å². The van der Waals surface area contributed by atoms with Crippen LogP contribution in [0.15, 0.2) is 58.1 Å². The molecule has 0 bridgehead atoms. The van der Waals surface area contributed by atoms with Crippen LogP contribution in [0.5, 0.6) is 5.75 Å². The molecule has 3 aromatic rings. The molecule has 3 rings (SSSR count). The Kier molecular flexibility index (Phi) is 4.03. The Morgan fingerprint density at radius 2 is 2.04 bits per heavy atom. The lowest BCUT2D eigenvalue weighted by atomic mass is 10.1. The van der Waals surface area contributed by atoms with Crippen molar-refractivity contribution in [2.24, 2.45) is 4.99 Å². The molecule has 0 atom stereocenters. The van der Waals surface area contributed by atoms with E-state index >= 15 is 0 Å². The van der Waals surface area contributed by atoms with Crippen LogP contribution >= 0.6 is 15.9 Å². The van der Waals surface area contributed by atoms with Gasteiger partial charge in [0, 0.05) is 33.9 Å². The maximum absolute atomic E-state index is 10.8. The van der Waals surface area contributed by atoms with Crippen LogP contribution in [0, 0.1) is 10.1 Å². The minimum atomic E-state index is -0.636.